The summed E-state index contributed by atoms with van der Waals surface area (Å²) in [5, 5.41) is 10.6. The number of rotatable bonds is 1. The Kier molecular flexibility index (Phi) is 2.14. The highest BCUT2D eigenvalue weighted by atomic mass is 32.1. The SMILES string of the molecule is NC(S)=N[N+](=O)[O-]. The molecule has 5 nitrogen and oxygen atoms in total. The Morgan fingerprint density at radius 1 is 2.00 bits per heavy atom. The zero-order valence-corrected chi connectivity index (χ0v) is 4.13. The molecule has 6 heteroatoms. The average Bonchev–Trinajstić information content (AvgIpc) is 1.27. The van der Waals surface area contributed by atoms with Crippen molar-refractivity contribution in [3.63, 3.8) is 0 Å². The Morgan fingerprint density at radius 2 is 2.43 bits per heavy atom. The van der Waals surface area contributed by atoms with E-state index in [4.69, 9.17) is 0 Å². The van der Waals surface area contributed by atoms with Gasteiger partial charge in [-0.05, 0) is 0 Å². The van der Waals surface area contributed by atoms with E-state index in [0.717, 1.165) is 0 Å². The van der Waals surface area contributed by atoms with Crippen molar-refractivity contribution in [1.29, 1.82) is 0 Å². The van der Waals surface area contributed by atoms with Gasteiger partial charge in [0.25, 0.3) is 0 Å². The van der Waals surface area contributed by atoms with Gasteiger partial charge in [-0.15, -0.1) is 0 Å². The molecule has 7 heavy (non-hydrogen) atoms. The maximum absolute atomic E-state index is 9.30. The number of hydrogen-bond acceptors (Lipinski definition) is 2. The minimum atomic E-state index is -0.914. The lowest BCUT2D eigenvalue weighted by atomic mass is 11.4. The van der Waals surface area contributed by atoms with E-state index in [2.05, 4.69) is 23.5 Å². The summed E-state index contributed by atoms with van der Waals surface area (Å²) in [4.78, 5) is 9.30. The van der Waals surface area contributed by atoms with Gasteiger partial charge in [-0.25, -0.2) is 10.1 Å². The Hall–Kier alpha value is -0.780. The van der Waals surface area contributed by atoms with Crippen molar-refractivity contribution in [2.24, 2.45) is 10.8 Å². The third-order valence-electron chi connectivity index (χ3n) is 0.184. The van der Waals surface area contributed by atoms with Crippen LogP contribution in [0, 0.1) is 10.1 Å². The van der Waals surface area contributed by atoms with Crippen molar-refractivity contribution in [2.45, 2.75) is 0 Å². The maximum Gasteiger partial charge on any atom is 0.229 e. The first-order chi connectivity index (χ1) is 3.13. The van der Waals surface area contributed by atoms with Crippen molar-refractivity contribution in [3.05, 3.63) is 10.1 Å². The van der Waals surface area contributed by atoms with Gasteiger partial charge in [0.15, 0.2) is 5.03 Å². The van der Waals surface area contributed by atoms with E-state index < -0.39 is 5.03 Å². The standard InChI is InChI=1S/CH3N3O2S/c2-1(7)3-4(5)6/h(H3,2,3,7). The molecule has 0 radical (unpaired) electrons. The molecule has 0 bridgehead atoms. The molecule has 0 aliphatic carbocycles. The van der Waals surface area contributed by atoms with Crippen molar-refractivity contribution in [2.75, 3.05) is 0 Å². The van der Waals surface area contributed by atoms with Gasteiger partial charge in [0, 0.05) is 0 Å². The molecule has 0 aliphatic rings. The fraction of sp³-hybridized carbons (Fsp3) is 0. The summed E-state index contributed by atoms with van der Waals surface area (Å²) < 4.78 is 0. The topological polar surface area (TPSA) is 81.5 Å². The van der Waals surface area contributed by atoms with Gasteiger partial charge in [0.05, 0.1) is 5.10 Å². The second-order valence-electron chi connectivity index (χ2n) is 0.696. The molecule has 0 spiro atoms. The van der Waals surface area contributed by atoms with Crippen LogP contribution in [0.25, 0.3) is 0 Å². The molecule has 0 amide bonds. The molecule has 0 aliphatic heterocycles. The van der Waals surface area contributed by atoms with E-state index in [9.17, 15) is 10.1 Å². The molecular weight excluding hydrogens is 118 g/mol. The highest BCUT2D eigenvalue weighted by Crippen LogP contribution is 1.73. The number of hydrogen-bond donors (Lipinski definition) is 2. The van der Waals surface area contributed by atoms with Gasteiger partial charge in [0.1, 0.15) is 0 Å². The smallest absolute Gasteiger partial charge is 0.229 e. The van der Waals surface area contributed by atoms with Gasteiger partial charge in [-0.2, -0.15) is 0 Å². The maximum atomic E-state index is 9.30. The summed E-state index contributed by atoms with van der Waals surface area (Å²) in [5.74, 6) is 0. The normalized spacial score (nSPS) is 11.3. The van der Waals surface area contributed by atoms with E-state index in [0.29, 0.717) is 0 Å². The summed E-state index contributed by atoms with van der Waals surface area (Å²) in [6.45, 7) is 0. The van der Waals surface area contributed by atoms with Crippen LogP contribution >= 0.6 is 12.6 Å². The molecule has 0 heterocycles. The van der Waals surface area contributed by atoms with Crippen LogP contribution in [-0.2, 0) is 0 Å². The largest absolute Gasteiger partial charge is 0.373 e. The van der Waals surface area contributed by atoms with E-state index in [1.807, 2.05) is 0 Å². The Labute approximate surface area is 44.8 Å². The molecule has 0 saturated heterocycles. The minimum Gasteiger partial charge on any atom is -0.373 e. The molecule has 0 aromatic rings. The highest BCUT2D eigenvalue weighted by Gasteiger charge is 1.87. The van der Waals surface area contributed by atoms with Crippen LogP contribution in [0.4, 0.5) is 0 Å². The van der Waals surface area contributed by atoms with E-state index in [-0.39, 0.29) is 5.17 Å². The zero-order valence-electron chi connectivity index (χ0n) is 3.24. The highest BCUT2D eigenvalue weighted by molar-refractivity contribution is 7.96. The average molecular weight is 121 g/mol. The second-order valence-corrected chi connectivity index (χ2v) is 1.15. The first-order valence-electron chi connectivity index (χ1n) is 1.30. The minimum absolute atomic E-state index is 0.343. The third kappa shape index (κ3) is 5.22. The van der Waals surface area contributed by atoms with Crippen molar-refractivity contribution in [1.82, 2.24) is 0 Å². The monoisotopic (exact) mass is 121 g/mol. The van der Waals surface area contributed by atoms with Crippen LogP contribution in [0.5, 0.6) is 0 Å². The lowest BCUT2D eigenvalue weighted by Crippen LogP contribution is -2.04. The lowest BCUT2D eigenvalue weighted by Gasteiger charge is -1.75. The number of thiol groups is 1. The molecule has 40 valence electrons. The summed E-state index contributed by atoms with van der Waals surface area (Å²) >= 11 is 3.32. The number of nitro groups is 1. The number of nitrogens with zero attached hydrogens (tertiary/aromatic N) is 2. The molecule has 0 unspecified atom stereocenters. The molecule has 2 N–H and O–H groups in total. The predicted molar refractivity (Wildman–Crippen MR) is 27.6 cm³/mol. The molecule has 0 rings (SSSR count). The number of amidine groups is 1. The van der Waals surface area contributed by atoms with Gasteiger partial charge >= 0.3 is 0 Å². The summed E-state index contributed by atoms with van der Waals surface area (Å²) in [5.41, 5.74) is 4.67. The quantitative estimate of drug-likeness (QED) is 0.160. The Balaban J connectivity index is 3.68. The Morgan fingerprint density at radius 3 is 2.43 bits per heavy atom. The van der Waals surface area contributed by atoms with Gasteiger partial charge < -0.3 is 5.73 Å². The van der Waals surface area contributed by atoms with Gasteiger partial charge in [0.2, 0.25) is 5.17 Å². The van der Waals surface area contributed by atoms with E-state index in [1.165, 1.54) is 0 Å². The van der Waals surface area contributed by atoms with Crippen LogP contribution < -0.4 is 5.73 Å². The molecule has 0 aromatic carbocycles. The third-order valence-corrected chi connectivity index (χ3v) is 0.274. The van der Waals surface area contributed by atoms with E-state index in [1.54, 1.807) is 0 Å². The van der Waals surface area contributed by atoms with Crippen LogP contribution in [0.15, 0.2) is 5.10 Å². The lowest BCUT2D eigenvalue weighted by molar-refractivity contribution is -0.484. The van der Waals surface area contributed by atoms with Crippen LogP contribution in [-0.4, -0.2) is 10.2 Å². The summed E-state index contributed by atoms with van der Waals surface area (Å²) in [7, 11) is 0. The predicted octanol–water partition coefficient (Wildman–Crippen LogP) is -0.577. The molecule has 0 aromatic heterocycles. The second kappa shape index (κ2) is 2.40. The van der Waals surface area contributed by atoms with E-state index >= 15 is 0 Å². The first kappa shape index (κ1) is 6.22. The van der Waals surface area contributed by atoms with Crippen molar-refractivity contribution >= 4 is 17.8 Å². The Bertz CT molecular complexity index is 106. The van der Waals surface area contributed by atoms with Gasteiger partial charge in [-0.1, -0.05) is 12.6 Å². The molecule has 0 fully saturated rings. The van der Waals surface area contributed by atoms with Crippen molar-refractivity contribution in [3.8, 4) is 0 Å². The fourth-order valence-electron chi connectivity index (χ4n) is 0.0837. The van der Waals surface area contributed by atoms with Crippen LogP contribution in [0.1, 0.15) is 0 Å². The van der Waals surface area contributed by atoms with Gasteiger partial charge in [-0.3, -0.25) is 0 Å². The summed E-state index contributed by atoms with van der Waals surface area (Å²) in [6, 6.07) is 0. The van der Waals surface area contributed by atoms with Crippen LogP contribution in [0.3, 0.4) is 0 Å². The van der Waals surface area contributed by atoms with Crippen LogP contribution in [0.2, 0.25) is 0 Å². The molecule has 0 saturated carbocycles. The molecule has 0 atom stereocenters. The zero-order chi connectivity index (χ0) is 5.86. The number of nitrogens with two attached hydrogens (primary N) is 1. The number of hydrazone groups is 1. The first-order valence-corrected chi connectivity index (χ1v) is 1.75. The molecular formula is CH3N3O2S. The fourth-order valence-corrected chi connectivity index (χ4v) is 0.157. The summed E-state index contributed by atoms with van der Waals surface area (Å²) in [6.07, 6.45) is 0. The van der Waals surface area contributed by atoms with Crippen molar-refractivity contribution < 1.29 is 5.03 Å².